The number of imidazole rings is 1. The van der Waals surface area contributed by atoms with Gasteiger partial charge in [0, 0.05) is 15.9 Å². The van der Waals surface area contributed by atoms with E-state index in [-0.39, 0.29) is 16.3 Å². The van der Waals surface area contributed by atoms with E-state index in [1.807, 2.05) is 12.1 Å². The van der Waals surface area contributed by atoms with Crippen LogP contribution in [0.5, 0.6) is 0 Å². The summed E-state index contributed by atoms with van der Waals surface area (Å²) in [4.78, 5) is 31.2. The smallest absolute Gasteiger partial charge is 0.278 e. The Bertz CT molecular complexity index is 1770. The molecule has 0 atom stereocenters. The second-order valence-corrected chi connectivity index (χ2v) is 7.94. The highest BCUT2D eigenvalue weighted by Crippen LogP contribution is 2.18. The molecule has 5 aromatic rings. The highest BCUT2D eigenvalue weighted by Gasteiger charge is 2.17. The third-order valence-electron chi connectivity index (χ3n) is 5.58. The van der Waals surface area contributed by atoms with Gasteiger partial charge in [-0.25, -0.2) is 9.67 Å². The van der Waals surface area contributed by atoms with Gasteiger partial charge in [0.2, 0.25) is 0 Å². The minimum absolute atomic E-state index is 0.273. The van der Waals surface area contributed by atoms with Crippen molar-refractivity contribution in [1.29, 1.82) is 5.26 Å². The average molecular weight is 442 g/mol. The Morgan fingerprint density at radius 2 is 1.88 bits per heavy atom. The minimum atomic E-state index is -0.334. The number of para-hydroxylation sites is 2. The lowest BCUT2D eigenvalue weighted by Gasteiger charge is -2.02. The molecule has 0 fully saturated rings. The number of nitrogens with one attached hydrogen (secondary N) is 1. The highest BCUT2D eigenvalue weighted by atomic mass is 35.5. The lowest BCUT2D eigenvalue weighted by Crippen LogP contribution is -2.34. The van der Waals surface area contributed by atoms with Crippen LogP contribution >= 0.6 is 11.6 Å². The van der Waals surface area contributed by atoms with Crippen molar-refractivity contribution >= 4 is 34.4 Å². The molecule has 156 valence electrons. The fourth-order valence-electron chi connectivity index (χ4n) is 3.96. The number of hydrogen-bond acceptors (Lipinski definition) is 4. The molecular formula is C24H16ClN5O2. The summed E-state index contributed by atoms with van der Waals surface area (Å²) in [6.07, 6.45) is 1.54. The number of aryl methyl sites for hydroxylation is 1. The SMILES string of the molecule is Cc1[nH]n(-c2cccc(Cl)c2)c(=O)c1C=c1c(C)c(C#N)c2nc3ccccc3n2c1=O. The van der Waals surface area contributed by atoms with Crippen LogP contribution in [0.15, 0.2) is 58.1 Å². The van der Waals surface area contributed by atoms with Gasteiger partial charge in [0.15, 0.2) is 5.65 Å². The Morgan fingerprint density at radius 3 is 2.62 bits per heavy atom. The van der Waals surface area contributed by atoms with Crippen LogP contribution in [0.2, 0.25) is 5.02 Å². The van der Waals surface area contributed by atoms with Crippen molar-refractivity contribution in [3.63, 3.8) is 0 Å². The number of aromatic amines is 1. The number of fused-ring (bicyclic) bond motifs is 3. The number of halogens is 1. The van der Waals surface area contributed by atoms with Crippen molar-refractivity contribution < 1.29 is 0 Å². The van der Waals surface area contributed by atoms with Crippen LogP contribution in [-0.2, 0) is 0 Å². The quantitative estimate of drug-likeness (QED) is 0.455. The van der Waals surface area contributed by atoms with Gasteiger partial charge in [-0.15, -0.1) is 0 Å². The number of rotatable bonds is 2. The summed E-state index contributed by atoms with van der Waals surface area (Å²) < 4.78 is 2.81. The molecule has 5 rings (SSSR count). The second kappa shape index (κ2) is 7.22. The number of hydrogen-bond donors (Lipinski definition) is 1. The van der Waals surface area contributed by atoms with Gasteiger partial charge >= 0.3 is 0 Å². The average Bonchev–Trinajstić information content (AvgIpc) is 3.29. The molecule has 2 aromatic carbocycles. The summed E-state index contributed by atoms with van der Waals surface area (Å²) in [5, 5.41) is 13.6. The molecule has 0 radical (unpaired) electrons. The first-order valence-corrected chi connectivity index (χ1v) is 10.2. The Balaban J connectivity index is 1.86. The first-order chi connectivity index (χ1) is 15.4. The van der Waals surface area contributed by atoms with Gasteiger partial charge < -0.3 is 0 Å². The van der Waals surface area contributed by atoms with Gasteiger partial charge in [-0.3, -0.25) is 19.1 Å². The maximum absolute atomic E-state index is 13.5. The van der Waals surface area contributed by atoms with E-state index in [0.717, 1.165) is 0 Å². The summed E-state index contributed by atoms with van der Waals surface area (Å²) in [5.74, 6) is 0. The Labute approximate surface area is 186 Å². The predicted molar refractivity (Wildman–Crippen MR) is 123 cm³/mol. The zero-order chi connectivity index (χ0) is 22.6. The fourth-order valence-corrected chi connectivity index (χ4v) is 4.14. The van der Waals surface area contributed by atoms with Gasteiger partial charge in [-0.1, -0.05) is 29.8 Å². The van der Waals surface area contributed by atoms with E-state index in [1.165, 1.54) is 9.08 Å². The molecule has 0 aliphatic heterocycles. The molecule has 0 aliphatic carbocycles. The molecule has 8 heteroatoms. The van der Waals surface area contributed by atoms with E-state index in [0.29, 0.717) is 49.8 Å². The van der Waals surface area contributed by atoms with Gasteiger partial charge in [0.05, 0.1) is 27.8 Å². The number of H-pyrrole nitrogens is 1. The maximum atomic E-state index is 13.5. The van der Waals surface area contributed by atoms with E-state index in [9.17, 15) is 14.9 Å². The van der Waals surface area contributed by atoms with Crippen molar-refractivity contribution in [1.82, 2.24) is 19.2 Å². The lowest BCUT2D eigenvalue weighted by molar-refractivity contribution is 0.835. The summed E-state index contributed by atoms with van der Waals surface area (Å²) >= 11 is 6.07. The number of nitrogens with zero attached hydrogens (tertiary/aromatic N) is 4. The molecule has 3 heterocycles. The van der Waals surface area contributed by atoms with Crippen LogP contribution in [0, 0.1) is 25.2 Å². The molecule has 0 bridgehead atoms. The van der Waals surface area contributed by atoms with E-state index in [4.69, 9.17) is 11.6 Å². The molecule has 0 amide bonds. The summed E-state index contributed by atoms with van der Waals surface area (Å²) in [5.41, 5.74) is 3.18. The molecule has 32 heavy (non-hydrogen) atoms. The largest absolute Gasteiger partial charge is 0.295 e. The third-order valence-corrected chi connectivity index (χ3v) is 5.82. The monoisotopic (exact) mass is 441 g/mol. The highest BCUT2D eigenvalue weighted by molar-refractivity contribution is 6.30. The van der Waals surface area contributed by atoms with E-state index >= 15 is 0 Å². The molecule has 0 saturated heterocycles. The molecule has 1 N–H and O–H groups in total. The van der Waals surface area contributed by atoms with Gasteiger partial charge in [-0.05, 0) is 55.8 Å². The van der Waals surface area contributed by atoms with E-state index < -0.39 is 0 Å². The summed E-state index contributed by atoms with van der Waals surface area (Å²) in [7, 11) is 0. The van der Waals surface area contributed by atoms with Crippen LogP contribution < -0.4 is 16.3 Å². The number of aromatic nitrogens is 4. The van der Waals surface area contributed by atoms with Gasteiger partial charge in [0.25, 0.3) is 11.1 Å². The first-order valence-electron chi connectivity index (χ1n) is 9.84. The Kier molecular flexibility index (Phi) is 4.47. The zero-order valence-corrected chi connectivity index (χ0v) is 17.9. The standard InChI is InChI=1S/C24H16ClN5O2/c1-13-17(11-18-14(2)28-30(24(18)32)16-7-5-6-15(25)10-16)23(31)29-21-9-4-3-8-20(21)27-22(29)19(13)12-26/h3-11,28H,1-2H3. The van der Waals surface area contributed by atoms with E-state index in [2.05, 4.69) is 16.2 Å². The van der Waals surface area contributed by atoms with Crippen molar-refractivity contribution in [2.75, 3.05) is 0 Å². The first kappa shape index (κ1) is 19.8. The summed E-state index contributed by atoms with van der Waals surface area (Å²) in [6, 6.07) is 16.3. The fraction of sp³-hybridized carbons (Fsp3) is 0.0833. The molecular weight excluding hydrogens is 426 g/mol. The molecule has 3 aromatic heterocycles. The Morgan fingerprint density at radius 1 is 1.09 bits per heavy atom. The van der Waals surface area contributed by atoms with Crippen molar-refractivity contribution in [2.24, 2.45) is 0 Å². The molecule has 7 nitrogen and oxygen atoms in total. The number of pyridine rings is 1. The second-order valence-electron chi connectivity index (χ2n) is 7.51. The van der Waals surface area contributed by atoms with Crippen LogP contribution in [0.25, 0.3) is 28.4 Å². The van der Waals surface area contributed by atoms with Crippen LogP contribution in [-0.4, -0.2) is 19.2 Å². The topological polar surface area (TPSA) is 95.9 Å². The predicted octanol–water partition coefficient (Wildman–Crippen LogP) is 3.02. The van der Waals surface area contributed by atoms with Crippen LogP contribution in [0.4, 0.5) is 0 Å². The van der Waals surface area contributed by atoms with Crippen LogP contribution in [0.1, 0.15) is 22.4 Å². The molecule has 0 aliphatic rings. The van der Waals surface area contributed by atoms with Gasteiger partial charge in [-0.2, -0.15) is 5.26 Å². The molecule has 0 unspecified atom stereocenters. The summed E-state index contributed by atoms with van der Waals surface area (Å²) in [6.45, 7) is 3.45. The number of benzene rings is 2. The van der Waals surface area contributed by atoms with Crippen molar-refractivity contribution in [2.45, 2.75) is 13.8 Å². The minimum Gasteiger partial charge on any atom is -0.295 e. The Hall–Kier alpha value is -4.15. The zero-order valence-electron chi connectivity index (χ0n) is 17.2. The molecule has 0 spiro atoms. The molecule has 0 saturated carbocycles. The van der Waals surface area contributed by atoms with Gasteiger partial charge in [0.1, 0.15) is 6.07 Å². The third kappa shape index (κ3) is 2.85. The van der Waals surface area contributed by atoms with Crippen molar-refractivity contribution in [3.8, 4) is 11.8 Å². The maximum Gasteiger partial charge on any atom is 0.278 e. The van der Waals surface area contributed by atoms with Crippen LogP contribution in [0.3, 0.4) is 0 Å². The number of nitriles is 1. The van der Waals surface area contributed by atoms with Crippen molar-refractivity contribution in [3.05, 3.63) is 102 Å². The van der Waals surface area contributed by atoms with E-state index in [1.54, 1.807) is 56.3 Å². The normalized spacial score (nSPS) is 12.0. The lowest BCUT2D eigenvalue weighted by atomic mass is 10.1.